The van der Waals surface area contributed by atoms with E-state index < -0.39 is 6.10 Å². The highest BCUT2D eigenvalue weighted by molar-refractivity contribution is 5.94. The lowest BCUT2D eigenvalue weighted by atomic mass is 9.92. The number of carbonyl (C=O) groups excluding carboxylic acids is 1. The zero-order valence-electron chi connectivity index (χ0n) is 17.1. The highest BCUT2D eigenvalue weighted by atomic mass is 16.3. The Balaban J connectivity index is 1.30. The first-order chi connectivity index (χ1) is 14.6. The van der Waals surface area contributed by atoms with Gasteiger partial charge in [-0.05, 0) is 54.7 Å². The van der Waals surface area contributed by atoms with Crippen LogP contribution >= 0.6 is 0 Å². The summed E-state index contributed by atoms with van der Waals surface area (Å²) in [5, 5.41) is 29.7. The average molecular weight is 411 g/mol. The van der Waals surface area contributed by atoms with Gasteiger partial charge in [0.25, 0.3) is 5.91 Å². The molecule has 0 saturated heterocycles. The number of aliphatic hydroxyl groups is 1. The lowest BCUT2D eigenvalue weighted by Gasteiger charge is -2.30. The van der Waals surface area contributed by atoms with Crippen molar-refractivity contribution < 1.29 is 15.0 Å². The molecule has 4 rings (SSSR count). The zero-order valence-corrected chi connectivity index (χ0v) is 17.1. The van der Waals surface area contributed by atoms with Crippen molar-refractivity contribution >= 4 is 11.7 Å². The van der Waals surface area contributed by atoms with Gasteiger partial charge in [0.1, 0.15) is 11.6 Å². The minimum atomic E-state index is -0.711. The van der Waals surface area contributed by atoms with Crippen LogP contribution in [0.3, 0.4) is 0 Å². The number of pyridine rings is 1. The van der Waals surface area contributed by atoms with E-state index in [1.807, 2.05) is 6.07 Å². The predicted octanol–water partition coefficient (Wildman–Crippen LogP) is 2.34. The Morgan fingerprint density at radius 1 is 1.17 bits per heavy atom. The van der Waals surface area contributed by atoms with Crippen LogP contribution in [0.1, 0.15) is 53.6 Å². The zero-order chi connectivity index (χ0) is 20.9. The molecule has 1 saturated carbocycles. The first kappa shape index (κ1) is 20.6. The van der Waals surface area contributed by atoms with Crippen LogP contribution in [0.5, 0.6) is 5.75 Å². The SMILES string of the molecule is O=C(NC[C@@H](O)[C@@H]1Cc2ccc(O)cc2CN1)c1ccnc(NC2CCCCC2)c1. The van der Waals surface area contributed by atoms with Gasteiger partial charge >= 0.3 is 0 Å². The van der Waals surface area contributed by atoms with E-state index >= 15 is 0 Å². The largest absolute Gasteiger partial charge is 0.508 e. The van der Waals surface area contributed by atoms with E-state index in [0.717, 1.165) is 29.8 Å². The second-order valence-electron chi connectivity index (χ2n) is 8.33. The van der Waals surface area contributed by atoms with Crippen molar-refractivity contribution in [2.24, 2.45) is 0 Å². The minimum absolute atomic E-state index is 0.150. The number of anilines is 1. The maximum absolute atomic E-state index is 12.6. The summed E-state index contributed by atoms with van der Waals surface area (Å²) < 4.78 is 0. The number of amides is 1. The number of fused-ring (bicyclic) bond motifs is 1. The average Bonchev–Trinajstić information content (AvgIpc) is 2.77. The fourth-order valence-electron chi connectivity index (χ4n) is 4.35. The van der Waals surface area contributed by atoms with Crippen LogP contribution in [0.25, 0.3) is 0 Å². The first-order valence-electron chi connectivity index (χ1n) is 10.8. The molecule has 2 aliphatic rings. The molecule has 1 aromatic heterocycles. The van der Waals surface area contributed by atoms with E-state index in [-0.39, 0.29) is 24.2 Å². The number of hydrogen-bond acceptors (Lipinski definition) is 6. The summed E-state index contributed by atoms with van der Waals surface area (Å²) in [6.45, 7) is 0.748. The van der Waals surface area contributed by atoms with Gasteiger partial charge in [-0.1, -0.05) is 25.3 Å². The van der Waals surface area contributed by atoms with E-state index in [1.165, 1.54) is 19.3 Å². The number of phenolic OH excluding ortho intramolecular Hbond substituents is 1. The molecule has 0 unspecified atom stereocenters. The Hall–Kier alpha value is -2.64. The Labute approximate surface area is 176 Å². The molecule has 1 amide bonds. The molecule has 2 atom stereocenters. The molecule has 5 N–H and O–H groups in total. The van der Waals surface area contributed by atoms with E-state index in [9.17, 15) is 15.0 Å². The summed E-state index contributed by atoms with van der Waals surface area (Å²) >= 11 is 0. The van der Waals surface area contributed by atoms with Gasteiger partial charge in [0.05, 0.1) is 6.10 Å². The third kappa shape index (κ3) is 5.09. The van der Waals surface area contributed by atoms with Crippen molar-refractivity contribution in [2.75, 3.05) is 11.9 Å². The second-order valence-corrected chi connectivity index (χ2v) is 8.33. The smallest absolute Gasteiger partial charge is 0.251 e. The molecular weight excluding hydrogens is 380 g/mol. The van der Waals surface area contributed by atoms with Crippen molar-refractivity contribution in [3.8, 4) is 5.75 Å². The highest BCUT2D eigenvalue weighted by Crippen LogP contribution is 2.23. The molecule has 2 heterocycles. The molecule has 1 aliphatic heterocycles. The van der Waals surface area contributed by atoms with Crippen molar-refractivity contribution in [3.05, 3.63) is 53.2 Å². The topological polar surface area (TPSA) is 107 Å². The number of nitrogens with zero attached hydrogens (tertiary/aromatic N) is 1. The van der Waals surface area contributed by atoms with Crippen LogP contribution in [-0.2, 0) is 13.0 Å². The summed E-state index contributed by atoms with van der Waals surface area (Å²) in [5.74, 6) is 0.754. The van der Waals surface area contributed by atoms with E-state index in [1.54, 1.807) is 30.5 Å². The van der Waals surface area contributed by atoms with Gasteiger partial charge in [-0.3, -0.25) is 4.79 Å². The normalized spacial score (nSPS) is 20.2. The summed E-state index contributed by atoms with van der Waals surface area (Å²) in [4.78, 5) is 16.9. The number of benzene rings is 1. The van der Waals surface area contributed by atoms with E-state index in [0.29, 0.717) is 24.6 Å². The Bertz CT molecular complexity index is 883. The van der Waals surface area contributed by atoms with Crippen molar-refractivity contribution in [3.63, 3.8) is 0 Å². The number of aromatic nitrogens is 1. The lowest BCUT2D eigenvalue weighted by Crippen LogP contribution is -2.49. The van der Waals surface area contributed by atoms with Gasteiger partial charge in [-0.2, -0.15) is 0 Å². The second kappa shape index (κ2) is 9.45. The number of aromatic hydroxyl groups is 1. The predicted molar refractivity (Wildman–Crippen MR) is 116 cm³/mol. The van der Waals surface area contributed by atoms with Gasteiger partial charge in [0.15, 0.2) is 0 Å². The van der Waals surface area contributed by atoms with Crippen molar-refractivity contribution in [1.82, 2.24) is 15.6 Å². The molecule has 160 valence electrons. The number of aliphatic hydroxyl groups excluding tert-OH is 1. The van der Waals surface area contributed by atoms with Crippen LogP contribution in [0.4, 0.5) is 5.82 Å². The number of hydrogen-bond donors (Lipinski definition) is 5. The van der Waals surface area contributed by atoms with E-state index in [4.69, 9.17) is 0 Å². The molecule has 7 nitrogen and oxygen atoms in total. The maximum atomic E-state index is 12.6. The first-order valence-corrected chi connectivity index (χ1v) is 10.8. The molecule has 1 fully saturated rings. The van der Waals surface area contributed by atoms with Crippen LogP contribution < -0.4 is 16.0 Å². The quantitative estimate of drug-likeness (QED) is 0.501. The Morgan fingerprint density at radius 3 is 2.83 bits per heavy atom. The van der Waals surface area contributed by atoms with Gasteiger partial charge in [0.2, 0.25) is 0 Å². The third-order valence-electron chi connectivity index (χ3n) is 6.10. The summed E-state index contributed by atoms with van der Waals surface area (Å²) in [6.07, 6.45) is 7.62. The summed E-state index contributed by atoms with van der Waals surface area (Å²) in [5.41, 5.74) is 2.68. The number of nitrogens with one attached hydrogen (secondary N) is 3. The molecule has 0 spiro atoms. The van der Waals surface area contributed by atoms with Gasteiger partial charge in [-0.15, -0.1) is 0 Å². The molecule has 1 aromatic carbocycles. The van der Waals surface area contributed by atoms with Crippen LogP contribution in [0.2, 0.25) is 0 Å². The minimum Gasteiger partial charge on any atom is -0.508 e. The number of phenols is 1. The lowest BCUT2D eigenvalue weighted by molar-refractivity contribution is 0.0870. The molecule has 7 heteroatoms. The molecule has 30 heavy (non-hydrogen) atoms. The van der Waals surface area contributed by atoms with Crippen molar-refractivity contribution in [2.45, 2.75) is 63.3 Å². The Morgan fingerprint density at radius 2 is 2.00 bits per heavy atom. The van der Waals surface area contributed by atoms with Crippen LogP contribution in [-0.4, -0.2) is 45.8 Å². The Kier molecular flexibility index (Phi) is 6.50. The van der Waals surface area contributed by atoms with Crippen LogP contribution in [0.15, 0.2) is 36.5 Å². The standard InChI is InChI=1S/C23H30N4O3/c28-19-7-6-15-11-20(25-13-17(15)10-19)21(29)14-26-23(30)16-8-9-24-22(12-16)27-18-4-2-1-3-5-18/h6-10,12,18,20-21,25,28-29H,1-5,11,13-14H2,(H,24,27)(H,26,30)/t20-,21+/m0/s1. The molecular formula is C23H30N4O3. The van der Waals surface area contributed by atoms with Crippen molar-refractivity contribution in [1.29, 1.82) is 0 Å². The number of carbonyl (C=O) groups is 1. The molecule has 0 bridgehead atoms. The fourth-order valence-corrected chi connectivity index (χ4v) is 4.35. The fraction of sp³-hybridized carbons (Fsp3) is 0.478. The summed E-state index contributed by atoms with van der Waals surface area (Å²) in [6, 6.07) is 9.04. The van der Waals surface area contributed by atoms with E-state index in [2.05, 4.69) is 20.9 Å². The molecule has 0 radical (unpaired) electrons. The van der Waals surface area contributed by atoms with Gasteiger partial charge in [-0.25, -0.2) is 4.98 Å². The molecule has 2 aromatic rings. The maximum Gasteiger partial charge on any atom is 0.251 e. The summed E-state index contributed by atoms with van der Waals surface area (Å²) in [7, 11) is 0. The van der Waals surface area contributed by atoms with Gasteiger partial charge in [0, 0.05) is 36.9 Å². The monoisotopic (exact) mass is 410 g/mol. The number of rotatable bonds is 6. The van der Waals surface area contributed by atoms with Crippen LogP contribution in [0, 0.1) is 0 Å². The highest BCUT2D eigenvalue weighted by Gasteiger charge is 2.25. The third-order valence-corrected chi connectivity index (χ3v) is 6.10. The molecule has 1 aliphatic carbocycles. The van der Waals surface area contributed by atoms with Gasteiger partial charge < -0.3 is 26.2 Å².